The number of ether oxygens (including phenoxy) is 1. The van der Waals surface area contributed by atoms with Gasteiger partial charge in [0.25, 0.3) is 0 Å². The Morgan fingerprint density at radius 2 is 2.28 bits per heavy atom. The fourth-order valence-corrected chi connectivity index (χ4v) is 1.66. The topological polar surface area (TPSA) is 65.3 Å². The Hall–Kier alpha value is -1.57. The molecule has 1 atom stereocenters. The minimum Gasteiger partial charge on any atom is -0.495 e. The molecule has 0 aliphatic rings. The molecule has 1 aromatic carbocycles. The zero-order valence-electron chi connectivity index (χ0n) is 10.9. The minimum atomic E-state index is -0.233. The van der Waals surface area contributed by atoms with E-state index in [-0.39, 0.29) is 6.10 Å². The maximum absolute atomic E-state index is 9.41. The van der Waals surface area contributed by atoms with E-state index in [1.54, 1.807) is 13.2 Å². The Bertz CT molecular complexity index is 413. The molecule has 1 unspecified atom stereocenters. The smallest absolute Gasteiger partial charge is 0.136 e. The lowest BCUT2D eigenvalue weighted by molar-refractivity contribution is 0.159. The summed E-state index contributed by atoms with van der Waals surface area (Å²) in [4.78, 5) is 0. The summed E-state index contributed by atoms with van der Waals surface area (Å²) in [5, 5.41) is 21.6. The number of hydrogen-bond acceptors (Lipinski definition) is 4. The van der Waals surface area contributed by atoms with Crippen LogP contribution in [-0.2, 0) is 6.54 Å². The standard InChI is InChI=1S/C14H20N2O2/c1-3-13(17)6-7-16-10-11-4-5-14(18-2)12(8-11)9-15/h4-5,8,13,16-17H,3,6-7,10H2,1-2H3. The maximum atomic E-state index is 9.41. The second-order valence-electron chi connectivity index (χ2n) is 4.17. The van der Waals surface area contributed by atoms with E-state index in [1.165, 1.54) is 0 Å². The van der Waals surface area contributed by atoms with Crippen LogP contribution in [0.1, 0.15) is 30.9 Å². The molecule has 0 bridgehead atoms. The van der Waals surface area contributed by atoms with E-state index in [0.717, 1.165) is 24.9 Å². The average molecular weight is 248 g/mol. The van der Waals surface area contributed by atoms with Gasteiger partial charge in [-0.15, -0.1) is 0 Å². The van der Waals surface area contributed by atoms with Crippen LogP contribution in [0.5, 0.6) is 5.75 Å². The molecule has 1 aromatic rings. The number of nitrogens with one attached hydrogen (secondary N) is 1. The van der Waals surface area contributed by atoms with E-state index >= 15 is 0 Å². The highest BCUT2D eigenvalue weighted by Crippen LogP contribution is 2.18. The minimum absolute atomic E-state index is 0.233. The molecule has 18 heavy (non-hydrogen) atoms. The van der Waals surface area contributed by atoms with Crippen molar-refractivity contribution in [1.29, 1.82) is 5.26 Å². The Kier molecular flexibility index (Phi) is 6.20. The lowest BCUT2D eigenvalue weighted by Gasteiger charge is -2.09. The van der Waals surface area contributed by atoms with Gasteiger partial charge >= 0.3 is 0 Å². The summed E-state index contributed by atoms with van der Waals surface area (Å²) in [6.07, 6.45) is 1.30. The lowest BCUT2D eigenvalue weighted by Crippen LogP contribution is -2.19. The summed E-state index contributed by atoms with van der Waals surface area (Å²) in [5.74, 6) is 0.600. The molecule has 98 valence electrons. The summed E-state index contributed by atoms with van der Waals surface area (Å²) in [7, 11) is 1.56. The summed E-state index contributed by atoms with van der Waals surface area (Å²) in [6.45, 7) is 3.42. The van der Waals surface area contributed by atoms with Crippen LogP contribution in [0.2, 0.25) is 0 Å². The van der Waals surface area contributed by atoms with E-state index in [9.17, 15) is 5.11 Å². The lowest BCUT2D eigenvalue weighted by atomic mass is 10.1. The van der Waals surface area contributed by atoms with Gasteiger partial charge in [-0.05, 0) is 37.1 Å². The van der Waals surface area contributed by atoms with Crippen LogP contribution in [0.4, 0.5) is 0 Å². The van der Waals surface area contributed by atoms with Crippen molar-refractivity contribution in [2.24, 2.45) is 0 Å². The molecular weight excluding hydrogens is 228 g/mol. The molecule has 0 saturated heterocycles. The highest BCUT2D eigenvalue weighted by atomic mass is 16.5. The molecule has 4 heteroatoms. The Balaban J connectivity index is 2.46. The second-order valence-corrected chi connectivity index (χ2v) is 4.17. The molecule has 2 N–H and O–H groups in total. The largest absolute Gasteiger partial charge is 0.495 e. The second kappa shape index (κ2) is 7.70. The van der Waals surface area contributed by atoms with Crippen molar-refractivity contribution in [2.45, 2.75) is 32.4 Å². The quantitative estimate of drug-likeness (QED) is 0.722. The molecule has 0 aromatic heterocycles. The number of rotatable bonds is 7. The van der Waals surface area contributed by atoms with Gasteiger partial charge in [0.15, 0.2) is 0 Å². The van der Waals surface area contributed by atoms with Gasteiger partial charge in [0.05, 0.1) is 18.8 Å². The van der Waals surface area contributed by atoms with E-state index in [4.69, 9.17) is 10.00 Å². The van der Waals surface area contributed by atoms with Gasteiger partial charge in [0.2, 0.25) is 0 Å². The molecule has 0 amide bonds. The third-order valence-corrected chi connectivity index (χ3v) is 2.84. The van der Waals surface area contributed by atoms with E-state index < -0.39 is 0 Å². The predicted octanol–water partition coefficient (Wildman–Crippen LogP) is 1.82. The third-order valence-electron chi connectivity index (χ3n) is 2.84. The summed E-state index contributed by atoms with van der Waals surface area (Å²) in [5.41, 5.74) is 1.59. The number of aliphatic hydroxyl groups is 1. The van der Waals surface area contributed by atoms with Gasteiger partial charge in [0.1, 0.15) is 11.8 Å². The van der Waals surface area contributed by atoms with Crippen LogP contribution in [0.25, 0.3) is 0 Å². The first kappa shape index (κ1) is 14.5. The molecule has 0 radical (unpaired) electrons. The molecule has 0 heterocycles. The number of nitriles is 1. The van der Waals surface area contributed by atoms with E-state index in [2.05, 4.69) is 11.4 Å². The first-order valence-electron chi connectivity index (χ1n) is 6.17. The van der Waals surface area contributed by atoms with Crippen molar-refractivity contribution < 1.29 is 9.84 Å². The molecule has 0 aliphatic carbocycles. The Labute approximate surface area is 108 Å². The highest BCUT2D eigenvalue weighted by Gasteiger charge is 2.04. The zero-order chi connectivity index (χ0) is 13.4. The fraction of sp³-hybridized carbons (Fsp3) is 0.500. The highest BCUT2D eigenvalue weighted by molar-refractivity contribution is 5.45. The zero-order valence-corrected chi connectivity index (χ0v) is 10.9. The van der Waals surface area contributed by atoms with Gasteiger partial charge < -0.3 is 15.2 Å². The monoisotopic (exact) mass is 248 g/mol. The van der Waals surface area contributed by atoms with Gasteiger partial charge in [-0.25, -0.2) is 0 Å². The van der Waals surface area contributed by atoms with Gasteiger partial charge in [-0.2, -0.15) is 5.26 Å². The number of hydrogen-bond donors (Lipinski definition) is 2. The summed E-state index contributed by atoms with van der Waals surface area (Å²) < 4.78 is 5.09. The molecular formula is C14H20N2O2. The molecule has 4 nitrogen and oxygen atoms in total. The first-order chi connectivity index (χ1) is 8.71. The van der Waals surface area contributed by atoms with E-state index in [0.29, 0.717) is 17.9 Å². The van der Waals surface area contributed by atoms with E-state index in [1.807, 2.05) is 19.1 Å². The number of methoxy groups -OCH3 is 1. The van der Waals surface area contributed by atoms with Crippen LogP contribution < -0.4 is 10.1 Å². The van der Waals surface area contributed by atoms with Crippen molar-refractivity contribution in [3.05, 3.63) is 29.3 Å². The summed E-state index contributed by atoms with van der Waals surface area (Å²) in [6, 6.07) is 7.67. The number of benzene rings is 1. The number of nitrogens with zero attached hydrogens (tertiary/aromatic N) is 1. The van der Waals surface area contributed by atoms with Gasteiger partial charge in [0, 0.05) is 6.54 Å². The van der Waals surface area contributed by atoms with Crippen LogP contribution in [-0.4, -0.2) is 24.9 Å². The molecule has 0 spiro atoms. The molecule has 0 aliphatic heterocycles. The average Bonchev–Trinajstić information content (AvgIpc) is 2.42. The van der Waals surface area contributed by atoms with Crippen molar-refractivity contribution in [3.8, 4) is 11.8 Å². The maximum Gasteiger partial charge on any atom is 0.136 e. The molecule has 0 fully saturated rings. The van der Waals surface area contributed by atoms with Crippen LogP contribution in [0.3, 0.4) is 0 Å². The fourth-order valence-electron chi connectivity index (χ4n) is 1.66. The van der Waals surface area contributed by atoms with Crippen LogP contribution in [0, 0.1) is 11.3 Å². The number of aliphatic hydroxyl groups excluding tert-OH is 1. The van der Waals surface area contributed by atoms with Gasteiger partial charge in [-0.1, -0.05) is 13.0 Å². The summed E-state index contributed by atoms with van der Waals surface area (Å²) >= 11 is 0. The van der Waals surface area contributed by atoms with Crippen LogP contribution in [0.15, 0.2) is 18.2 Å². The predicted molar refractivity (Wildman–Crippen MR) is 70.3 cm³/mol. The SMILES string of the molecule is CCC(O)CCNCc1ccc(OC)c(C#N)c1. The first-order valence-corrected chi connectivity index (χ1v) is 6.17. The molecule has 0 saturated carbocycles. The van der Waals surface area contributed by atoms with Crippen molar-refractivity contribution in [1.82, 2.24) is 5.32 Å². The van der Waals surface area contributed by atoms with Crippen molar-refractivity contribution in [3.63, 3.8) is 0 Å². The van der Waals surface area contributed by atoms with Gasteiger partial charge in [-0.3, -0.25) is 0 Å². The normalized spacial score (nSPS) is 11.9. The molecule has 1 rings (SSSR count). The third kappa shape index (κ3) is 4.36. The van der Waals surface area contributed by atoms with Crippen molar-refractivity contribution in [2.75, 3.05) is 13.7 Å². The van der Waals surface area contributed by atoms with Crippen LogP contribution >= 0.6 is 0 Å². The Morgan fingerprint density at radius 1 is 1.50 bits per heavy atom. The van der Waals surface area contributed by atoms with Crippen molar-refractivity contribution >= 4 is 0 Å². The Morgan fingerprint density at radius 3 is 2.89 bits per heavy atom.